The number of carbonyl (C=O) groups is 1. The SMILES string of the molecule is CN(C(=O)C1CCCCCC1N)C1CCCCCC1. The van der Waals surface area contributed by atoms with Crippen molar-refractivity contribution in [3.05, 3.63) is 0 Å². The molecule has 2 rings (SSSR count). The fourth-order valence-corrected chi connectivity index (χ4v) is 3.73. The van der Waals surface area contributed by atoms with Gasteiger partial charge in [-0.15, -0.1) is 0 Å². The van der Waals surface area contributed by atoms with Gasteiger partial charge in [0, 0.05) is 19.1 Å². The average molecular weight is 266 g/mol. The standard InChI is InChI=1S/C16H30N2O/c1-18(13-9-5-2-3-6-10-13)16(19)14-11-7-4-8-12-15(14)17/h13-15H,2-12,17H2,1H3. The molecule has 2 aliphatic carbocycles. The molecule has 0 aromatic carbocycles. The molecule has 0 aliphatic heterocycles. The summed E-state index contributed by atoms with van der Waals surface area (Å²) in [6.45, 7) is 0. The van der Waals surface area contributed by atoms with Gasteiger partial charge in [0.05, 0.1) is 5.92 Å². The van der Waals surface area contributed by atoms with Crippen LogP contribution < -0.4 is 5.73 Å². The molecule has 110 valence electrons. The van der Waals surface area contributed by atoms with E-state index in [4.69, 9.17) is 5.73 Å². The largest absolute Gasteiger partial charge is 0.342 e. The van der Waals surface area contributed by atoms with Crippen molar-refractivity contribution in [3.63, 3.8) is 0 Å². The second-order valence-corrected chi connectivity index (χ2v) is 6.50. The minimum atomic E-state index is 0.0794. The zero-order chi connectivity index (χ0) is 13.7. The van der Waals surface area contributed by atoms with Crippen molar-refractivity contribution in [2.24, 2.45) is 11.7 Å². The maximum absolute atomic E-state index is 12.7. The minimum Gasteiger partial charge on any atom is -0.342 e. The molecule has 19 heavy (non-hydrogen) atoms. The highest BCUT2D eigenvalue weighted by atomic mass is 16.2. The van der Waals surface area contributed by atoms with Crippen LogP contribution >= 0.6 is 0 Å². The van der Waals surface area contributed by atoms with Gasteiger partial charge in [0.1, 0.15) is 0 Å². The lowest BCUT2D eigenvalue weighted by molar-refractivity contribution is -0.137. The van der Waals surface area contributed by atoms with Crippen molar-refractivity contribution >= 4 is 5.91 Å². The lowest BCUT2D eigenvalue weighted by atomic mass is 9.93. The zero-order valence-electron chi connectivity index (χ0n) is 12.4. The van der Waals surface area contributed by atoms with Crippen LogP contribution in [0.4, 0.5) is 0 Å². The van der Waals surface area contributed by atoms with E-state index in [9.17, 15) is 4.79 Å². The van der Waals surface area contributed by atoms with E-state index in [2.05, 4.69) is 0 Å². The van der Waals surface area contributed by atoms with Crippen LogP contribution in [0.1, 0.15) is 70.6 Å². The van der Waals surface area contributed by atoms with Crippen LogP contribution in [0.3, 0.4) is 0 Å². The molecule has 2 unspecified atom stereocenters. The summed E-state index contributed by atoms with van der Waals surface area (Å²) in [7, 11) is 2.01. The van der Waals surface area contributed by atoms with Gasteiger partial charge in [0.2, 0.25) is 5.91 Å². The van der Waals surface area contributed by atoms with Crippen molar-refractivity contribution in [2.45, 2.75) is 82.7 Å². The second kappa shape index (κ2) is 7.28. The van der Waals surface area contributed by atoms with E-state index in [-0.39, 0.29) is 12.0 Å². The Morgan fingerprint density at radius 1 is 0.895 bits per heavy atom. The molecule has 0 spiro atoms. The second-order valence-electron chi connectivity index (χ2n) is 6.50. The topological polar surface area (TPSA) is 46.3 Å². The maximum atomic E-state index is 12.7. The number of hydrogen-bond acceptors (Lipinski definition) is 2. The van der Waals surface area contributed by atoms with Crippen LogP contribution in [0, 0.1) is 5.92 Å². The summed E-state index contributed by atoms with van der Waals surface area (Å²) in [5.41, 5.74) is 6.23. The van der Waals surface area contributed by atoms with Crippen molar-refractivity contribution in [1.29, 1.82) is 0 Å². The third-order valence-corrected chi connectivity index (χ3v) is 5.11. The highest BCUT2D eigenvalue weighted by Crippen LogP contribution is 2.27. The van der Waals surface area contributed by atoms with Crippen molar-refractivity contribution in [1.82, 2.24) is 4.90 Å². The van der Waals surface area contributed by atoms with E-state index < -0.39 is 0 Å². The Hall–Kier alpha value is -0.570. The fraction of sp³-hybridized carbons (Fsp3) is 0.938. The van der Waals surface area contributed by atoms with Crippen LogP contribution in [0.5, 0.6) is 0 Å². The molecule has 3 nitrogen and oxygen atoms in total. The Bertz CT molecular complexity index is 284. The number of nitrogens with zero attached hydrogens (tertiary/aromatic N) is 1. The van der Waals surface area contributed by atoms with Crippen LogP contribution in [-0.2, 0) is 4.79 Å². The molecule has 0 heterocycles. The van der Waals surface area contributed by atoms with Gasteiger partial charge in [0.15, 0.2) is 0 Å². The number of hydrogen-bond donors (Lipinski definition) is 1. The Morgan fingerprint density at radius 3 is 2.11 bits per heavy atom. The summed E-state index contributed by atoms with van der Waals surface area (Å²) in [4.78, 5) is 14.8. The molecule has 2 atom stereocenters. The molecule has 0 aromatic rings. The highest BCUT2D eigenvalue weighted by molar-refractivity contribution is 5.79. The molecule has 2 aliphatic rings. The van der Waals surface area contributed by atoms with Crippen LogP contribution in [-0.4, -0.2) is 29.9 Å². The van der Waals surface area contributed by atoms with E-state index >= 15 is 0 Å². The fourth-order valence-electron chi connectivity index (χ4n) is 3.73. The van der Waals surface area contributed by atoms with Gasteiger partial charge >= 0.3 is 0 Å². The molecule has 0 aromatic heterocycles. The first-order valence-electron chi connectivity index (χ1n) is 8.22. The van der Waals surface area contributed by atoms with Crippen LogP contribution in [0.2, 0.25) is 0 Å². The third-order valence-electron chi connectivity index (χ3n) is 5.11. The first-order valence-corrected chi connectivity index (χ1v) is 8.22. The van der Waals surface area contributed by atoms with E-state index in [0.717, 1.165) is 12.8 Å². The van der Waals surface area contributed by atoms with Crippen LogP contribution in [0.25, 0.3) is 0 Å². The predicted molar refractivity (Wildman–Crippen MR) is 78.8 cm³/mol. The lowest BCUT2D eigenvalue weighted by Crippen LogP contribution is -2.46. The average Bonchev–Trinajstić information content (AvgIpc) is 2.79. The summed E-state index contributed by atoms with van der Waals surface area (Å²) >= 11 is 0. The number of carbonyl (C=O) groups excluding carboxylic acids is 1. The monoisotopic (exact) mass is 266 g/mol. The van der Waals surface area contributed by atoms with Gasteiger partial charge in [-0.25, -0.2) is 0 Å². The summed E-state index contributed by atoms with van der Waals surface area (Å²) in [5.74, 6) is 0.400. The Labute approximate surface area is 117 Å². The molecule has 2 saturated carbocycles. The van der Waals surface area contributed by atoms with E-state index in [1.807, 2.05) is 11.9 Å². The number of amides is 1. The third kappa shape index (κ3) is 3.95. The van der Waals surface area contributed by atoms with E-state index in [1.165, 1.54) is 57.8 Å². The molecular formula is C16H30N2O. The van der Waals surface area contributed by atoms with E-state index in [1.54, 1.807) is 0 Å². The van der Waals surface area contributed by atoms with Crippen molar-refractivity contribution < 1.29 is 4.79 Å². The smallest absolute Gasteiger partial charge is 0.227 e. The predicted octanol–water partition coefficient (Wildman–Crippen LogP) is 3.08. The molecule has 0 bridgehead atoms. The number of rotatable bonds is 2. The van der Waals surface area contributed by atoms with Gasteiger partial charge in [-0.3, -0.25) is 4.79 Å². The Kier molecular flexibility index (Phi) is 5.68. The minimum absolute atomic E-state index is 0.0794. The quantitative estimate of drug-likeness (QED) is 0.781. The van der Waals surface area contributed by atoms with Gasteiger partial charge in [-0.1, -0.05) is 44.9 Å². The van der Waals surface area contributed by atoms with Gasteiger partial charge in [-0.2, -0.15) is 0 Å². The Balaban J connectivity index is 1.96. The summed E-state index contributed by atoms with van der Waals surface area (Å²) in [6, 6.07) is 0.550. The number of nitrogens with two attached hydrogens (primary N) is 1. The lowest BCUT2D eigenvalue weighted by Gasteiger charge is -2.32. The van der Waals surface area contributed by atoms with Gasteiger partial charge in [0.25, 0.3) is 0 Å². The summed E-state index contributed by atoms with van der Waals surface area (Å²) in [6.07, 6.45) is 13.2. The first kappa shape index (κ1) is 14.8. The molecule has 3 heteroatoms. The highest BCUT2D eigenvalue weighted by Gasteiger charge is 2.31. The zero-order valence-corrected chi connectivity index (χ0v) is 12.4. The maximum Gasteiger partial charge on any atom is 0.227 e. The first-order chi connectivity index (χ1) is 9.20. The molecule has 0 radical (unpaired) electrons. The van der Waals surface area contributed by atoms with Crippen molar-refractivity contribution in [2.75, 3.05) is 7.05 Å². The van der Waals surface area contributed by atoms with Crippen LogP contribution in [0.15, 0.2) is 0 Å². The molecular weight excluding hydrogens is 236 g/mol. The van der Waals surface area contributed by atoms with Gasteiger partial charge in [-0.05, 0) is 25.7 Å². The summed E-state index contributed by atoms with van der Waals surface area (Å²) in [5, 5.41) is 0. The molecule has 0 saturated heterocycles. The van der Waals surface area contributed by atoms with Crippen molar-refractivity contribution in [3.8, 4) is 0 Å². The molecule has 2 N–H and O–H groups in total. The summed E-state index contributed by atoms with van der Waals surface area (Å²) < 4.78 is 0. The Morgan fingerprint density at radius 2 is 1.42 bits per heavy atom. The van der Waals surface area contributed by atoms with Gasteiger partial charge < -0.3 is 10.6 Å². The van der Waals surface area contributed by atoms with E-state index in [0.29, 0.717) is 11.9 Å². The molecule has 1 amide bonds. The molecule has 2 fully saturated rings. The normalized spacial score (nSPS) is 30.4.